The fourth-order valence-electron chi connectivity index (χ4n) is 1.24. The molecule has 0 amide bonds. The van der Waals surface area contributed by atoms with E-state index in [4.69, 9.17) is 10.5 Å². The summed E-state index contributed by atoms with van der Waals surface area (Å²) in [5, 5.41) is 0. The molecule has 0 bridgehead atoms. The second kappa shape index (κ2) is 3.96. The number of methoxy groups -OCH3 is 1. The highest BCUT2D eigenvalue weighted by atomic mass is 16.5. The van der Waals surface area contributed by atoms with Gasteiger partial charge in [-0.05, 0) is 17.0 Å². The molecule has 0 fully saturated rings. The van der Waals surface area contributed by atoms with E-state index in [9.17, 15) is 0 Å². The minimum atomic E-state index is 0.100. The van der Waals surface area contributed by atoms with Gasteiger partial charge in [0, 0.05) is 18.3 Å². The van der Waals surface area contributed by atoms with E-state index in [1.165, 1.54) is 5.56 Å². The van der Waals surface area contributed by atoms with Crippen LogP contribution in [0.3, 0.4) is 0 Å². The van der Waals surface area contributed by atoms with Crippen molar-refractivity contribution in [3.05, 3.63) is 23.4 Å². The summed E-state index contributed by atoms with van der Waals surface area (Å²) in [4.78, 5) is 4.23. The molecule has 2 N–H and O–H groups in total. The van der Waals surface area contributed by atoms with Crippen LogP contribution in [0.1, 0.15) is 31.9 Å². The number of nitrogens with zero attached hydrogens (tertiary/aromatic N) is 1. The molecule has 3 nitrogen and oxygen atoms in total. The van der Waals surface area contributed by atoms with Crippen LogP contribution < -0.4 is 10.5 Å². The highest BCUT2D eigenvalue weighted by Crippen LogP contribution is 2.25. The van der Waals surface area contributed by atoms with E-state index in [2.05, 4.69) is 31.8 Å². The fourth-order valence-corrected chi connectivity index (χ4v) is 1.24. The molecule has 14 heavy (non-hydrogen) atoms. The zero-order chi connectivity index (χ0) is 10.8. The summed E-state index contributed by atoms with van der Waals surface area (Å²) < 4.78 is 5.11. The van der Waals surface area contributed by atoms with Gasteiger partial charge in [0.2, 0.25) is 5.88 Å². The topological polar surface area (TPSA) is 48.1 Å². The molecule has 1 aromatic heterocycles. The summed E-state index contributed by atoms with van der Waals surface area (Å²) in [6.45, 7) is 6.91. The summed E-state index contributed by atoms with van der Waals surface area (Å²) in [6, 6.07) is 2.06. The summed E-state index contributed by atoms with van der Waals surface area (Å²) in [7, 11) is 1.61. The Balaban J connectivity index is 3.14. The molecule has 78 valence electrons. The molecule has 0 atom stereocenters. The molecule has 0 saturated heterocycles. The van der Waals surface area contributed by atoms with Crippen molar-refractivity contribution < 1.29 is 4.74 Å². The van der Waals surface area contributed by atoms with Gasteiger partial charge in [-0.1, -0.05) is 20.8 Å². The molecule has 0 aromatic carbocycles. The van der Waals surface area contributed by atoms with Crippen LogP contribution in [-0.2, 0) is 12.0 Å². The zero-order valence-electron chi connectivity index (χ0n) is 9.29. The van der Waals surface area contributed by atoms with Gasteiger partial charge in [0.05, 0.1) is 7.11 Å². The Kier molecular flexibility index (Phi) is 3.11. The van der Waals surface area contributed by atoms with Crippen LogP contribution in [0.15, 0.2) is 12.3 Å². The molecule has 0 spiro atoms. The monoisotopic (exact) mass is 194 g/mol. The predicted octanol–water partition coefficient (Wildman–Crippen LogP) is 1.85. The third-order valence-electron chi connectivity index (χ3n) is 2.20. The molecule has 1 rings (SSSR count). The van der Waals surface area contributed by atoms with Crippen molar-refractivity contribution in [2.75, 3.05) is 7.11 Å². The van der Waals surface area contributed by atoms with Gasteiger partial charge in [-0.15, -0.1) is 0 Å². The van der Waals surface area contributed by atoms with Crippen LogP contribution in [0.25, 0.3) is 0 Å². The minimum Gasteiger partial charge on any atom is -0.481 e. The summed E-state index contributed by atoms with van der Waals surface area (Å²) in [5.74, 6) is 0.625. The Hall–Kier alpha value is -1.09. The lowest BCUT2D eigenvalue weighted by Gasteiger charge is -2.19. The van der Waals surface area contributed by atoms with Gasteiger partial charge < -0.3 is 10.5 Å². The second-order valence-corrected chi connectivity index (χ2v) is 4.35. The van der Waals surface area contributed by atoms with Crippen molar-refractivity contribution in [2.45, 2.75) is 32.7 Å². The third-order valence-corrected chi connectivity index (χ3v) is 2.20. The van der Waals surface area contributed by atoms with E-state index in [1.807, 2.05) is 6.20 Å². The van der Waals surface area contributed by atoms with Gasteiger partial charge in [-0.2, -0.15) is 0 Å². The Morgan fingerprint density at radius 3 is 2.50 bits per heavy atom. The molecule has 0 radical (unpaired) electrons. The number of nitrogens with two attached hydrogens (primary N) is 1. The van der Waals surface area contributed by atoms with Crippen molar-refractivity contribution in [3.63, 3.8) is 0 Å². The maximum atomic E-state index is 5.62. The average molecular weight is 194 g/mol. The van der Waals surface area contributed by atoms with Gasteiger partial charge in [0.25, 0.3) is 0 Å². The van der Waals surface area contributed by atoms with Gasteiger partial charge >= 0.3 is 0 Å². The van der Waals surface area contributed by atoms with E-state index in [0.29, 0.717) is 12.4 Å². The highest BCUT2D eigenvalue weighted by molar-refractivity contribution is 5.32. The third kappa shape index (κ3) is 2.23. The Bertz CT molecular complexity index is 316. The predicted molar refractivity (Wildman–Crippen MR) is 57.4 cm³/mol. The second-order valence-electron chi connectivity index (χ2n) is 4.35. The standard InChI is InChI=1S/C11H18N2O/c1-11(2,3)9-5-8(6-12)10(14-4)13-7-9/h5,7H,6,12H2,1-4H3. The number of hydrogen-bond acceptors (Lipinski definition) is 3. The van der Waals surface area contributed by atoms with E-state index in [0.717, 1.165) is 5.56 Å². The summed E-state index contributed by atoms with van der Waals surface area (Å²) in [5.41, 5.74) is 7.86. The molecule has 0 aliphatic heterocycles. The van der Waals surface area contributed by atoms with Crippen molar-refractivity contribution in [1.82, 2.24) is 4.98 Å². The first-order chi connectivity index (χ1) is 6.49. The molecule has 0 aliphatic rings. The van der Waals surface area contributed by atoms with Crippen LogP contribution in [-0.4, -0.2) is 12.1 Å². The van der Waals surface area contributed by atoms with Crippen molar-refractivity contribution in [3.8, 4) is 5.88 Å². The number of pyridine rings is 1. The van der Waals surface area contributed by atoms with Crippen molar-refractivity contribution in [2.24, 2.45) is 5.73 Å². The first kappa shape index (κ1) is 11.0. The van der Waals surface area contributed by atoms with E-state index >= 15 is 0 Å². The molecule has 0 aliphatic carbocycles. The summed E-state index contributed by atoms with van der Waals surface area (Å²) >= 11 is 0. The lowest BCUT2D eigenvalue weighted by Crippen LogP contribution is -2.13. The van der Waals surface area contributed by atoms with Gasteiger partial charge in [0.1, 0.15) is 0 Å². The molecule has 0 unspecified atom stereocenters. The Labute approximate surface area is 85.3 Å². The molecular formula is C11H18N2O. The fraction of sp³-hybridized carbons (Fsp3) is 0.545. The Morgan fingerprint density at radius 2 is 2.07 bits per heavy atom. The highest BCUT2D eigenvalue weighted by Gasteiger charge is 2.16. The molecule has 0 saturated carbocycles. The maximum absolute atomic E-state index is 5.62. The van der Waals surface area contributed by atoms with Crippen LogP contribution in [0.2, 0.25) is 0 Å². The minimum absolute atomic E-state index is 0.100. The van der Waals surface area contributed by atoms with E-state index < -0.39 is 0 Å². The van der Waals surface area contributed by atoms with E-state index in [-0.39, 0.29) is 5.41 Å². The number of aromatic nitrogens is 1. The van der Waals surface area contributed by atoms with Crippen LogP contribution >= 0.6 is 0 Å². The molecule has 1 aromatic rings. The first-order valence-corrected chi connectivity index (χ1v) is 4.72. The zero-order valence-corrected chi connectivity index (χ0v) is 9.29. The maximum Gasteiger partial charge on any atom is 0.217 e. The number of hydrogen-bond donors (Lipinski definition) is 1. The van der Waals surface area contributed by atoms with Gasteiger partial charge in [-0.25, -0.2) is 4.98 Å². The van der Waals surface area contributed by atoms with Crippen LogP contribution in [0.4, 0.5) is 0 Å². The number of rotatable bonds is 2. The molecule has 1 heterocycles. The number of ether oxygens (including phenoxy) is 1. The van der Waals surface area contributed by atoms with Crippen LogP contribution in [0, 0.1) is 0 Å². The van der Waals surface area contributed by atoms with Gasteiger partial charge in [0.15, 0.2) is 0 Å². The first-order valence-electron chi connectivity index (χ1n) is 4.72. The normalized spacial score (nSPS) is 11.5. The largest absolute Gasteiger partial charge is 0.481 e. The lowest BCUT2D eigenvalue weighted by atomic mass is 9.87. The van der Waals surface area contributed by atoms with Crippen molar-refractivity contribution in [1.29, 1.82) is 0 Å². The average Bonchev–Trinajstić information content (AvgIpc) is 2.15. The van der Waals surface area contributed by atoms with Crippen molar-refractivity contribution >= 4 is 0 Å². The summed E-state index contributed by atoms with van der Waals surface area (Å²) in [6.07, 6.45) is 1.85. The Morgan fingerprint density at radius 1 is 1.43 bits per heavy atom. The molecular weight excluding hydrogens is 176 g/mol. The quantitative estimate of drug-likeness (QED) is 0.781. The lowest BCUT2D eigenvalue weighted by molar-refractivity contribution is 0.391. The van der Waals surface area contributed by atoms with Gasteiger partial charge in [-0.3, -0.25) is 0 Å². The van der Waals surface area contributed by atoms with E-state index in [1.54, 1.807) is 7.11 Å². The molecule has 3 heteroatoms. The SMILES string of the molecule is COc1ncc(C(C)(C)C)cc1CN. The smallest absolute Gasteiger partial charge is 0.217 e. The van der Waals surface area contributed by atoms with Crippen LogP contribution in [0.5, 0.6) is 5.88 Å².